The largest absolute Gasteiger partial charge is 0.288 e. The first-order valence-corrected chi connectivity index (χ1v) is 4.99. The number of rotatable bonds is 3. The molecule has 0 fully saturated rings. The van der Waals surface area contributed by atoms with E-state index in [4.69, 9.17) is 0 Å². The lowest BCUT2D eigenvalue weighted by Gasteiger charge is -1.95. The zero-order valence-corrected chi connectivity index (χ0v) is 8.68. The molecular formula is C13H11FN2. The summed E-state index contributed by atoms with van der Waals surface area (Å²) in [5.74, 6) is -0.222. The van der Waals surface area contributed by atoms with E-state index in [9.17, 15) is 4.39 Å². The van der Waals surface area contributed by atoms with E-state index in [-0.39, 0.29) is 5.82 Å². The maximum absolute atomic E-state index is 12.6. The van der Waals surface area contributed by atoms with Crippen LogP contribution < -0.4 is 0 Å². The van der Waals surface area contributed by atoms with Gasteiger partial charge in [0.1, 0.15) is 5.82 Å². The van der Waals surface area contributed by atoms with Crippen molar-refractivity contribution in [2.75, 3.05) is 0 Å². The molecule has 1 aromatic carbocycles. The lowest BCUT2D eigenvalue weighted by molar-refractivity contribution is 0.627. The van der Waals surface area contributed by atoms with Crippen LogP contribution in [0.25, 0.3) is 0 Å². The summed E-state index contributed by atoms with van der Waals surface area (Å²) >= 11 is 0. The second kappa shape index (κ2) is 5.16. The second-order valence-corrected chi connectivity index (χ2v) is 3.38. The summed E-state index contributed by atoms with van der Waals surface area (Å²) < 4.78 is 12.6. The number of aliphatic imine (C=N–C) groups is 1. The summed E-state index contributed by atoms with van der Waals surface area (Å²) in [6.45, 7) is 0.551. The average molecular weight is 214 g/mol. The van der Waals surface area contributed by atoms with Crippen molar-refractivity contribution in [2.45, 2.75) is 6.54 Å². The Labute approximate surface area is 93.5 Å². The third kappa shape index (κ3) is 2.98. The summed E-state index contributed by atoms with van der Waals surface area (Å²) in [6.07, 6.45) is 5.22. The number of pyridine rings is 1. The van der Waals surface area contributed by atoms with Crippen molar-refractivity contribution in [1.29, 1.82) is 0 Å². The minimum atomic E-state index is -0.222. The van der Waals surface area contributed by atoms with E-state index in [1.54, 1.807) is 30.7 Å². The van der Waals surface area contributed by atoms with E-state index in [0.717, 1.165) is 11.1 Å². The number of hydrogen-bond donors (Lipinski definition) is 0. The van der Waals surface area contributed by atoms with Gasteiger partial charge in [0.2, 0.25) is 0 Å². The van der Waals surface area contributed by atoms with E-state index in [1.807, 2.05) is 12.1 Å². The first-order valence-electron chi connectivity index (χ1n) is 4.99. The van der Waals surface area contributed by atoms with Gasteiger partial charge in [-0.25, -0.2) is 4.39 Å². The van der Waals surface area contributed by atoms with Crippen LogP contribution in [0.2, 0.25) is 0 Å². The smallest absolute Gasteiger partial charge is 0.123 e. The third-order valence-corrected chi connectivity index (χ3v) is 2.11. The fraction of sp³-hybridized carbons (Fsp3) is 0.0769. The van der Waals surface area contributed by atoms with E-state index in [0.29, 0.717) is 6.54 Å². The highest BCUT2D eigenvalue weighted by Gasteiger charge is 1.91. The SMILES string of the molecule is Fc1ccc(CN=Cc2cccnc2)cc1. The Kier molecular flexibility index (Phi) is 3.38. The summed E-state index contributed by atoms with van der Waals surface area (Å²) in [6, 6.07) is 10.1. The van der Waals surface area contributed by atoms with Crippen molar-refractivity contribution in [3.8, 4) is 0 Å². The van der Waals surface area contributed by atoms with Crippen molar-refractivity contribution in [3.63, 3.8) is 0 Å². The fourth-order valence-electron chi connectivity index (χ4n) is 1.30. The Balaban J connectivity index is 1.97. The van der Waals surface area contributed by atoms with Gasteiger partial charge in [-0.2, -0.15) is 0 Å². The molecule has 2 rings (SSSR count). The van der Waals surface area contributed by atoms with Gasteiger partial charge in [-0.15, -0.1) is 0 Å². The molecule has 0 saturated carbocycles. The maximum Gasteiger partial charge on any atom is 0.123 e. The maximum atomic E-state index is 12.6. The van der Waals surface area contributed by atoms with Gasteiger partial charge in [-0.05, 0) is 23.8 Å². The molecule has 2 aromatic rings. The zero-order valence-electron chi connectivity index (χ0n) is 8.68. The van der Waals surface area contributed by atoms with Gasteiger partial charge < -0.3 is 0 Å². The molecule has 80 valence electrons. The monoisotopic (exact) mass is 214 g/mol. The molecule has 0 N–H and O–H groups in total. The van der Waals surface area contributed by atoms with Crippen LogP contribution in [0.3, 0.4) is 0 Å². The van der Waals surface area contributed by atoms with Crippen molar-refractivity contribution in [2.24, 2.45) is 4.99 Å². The molecule has 2 nitrogen and oxygen atoms in total. The topological polar surface area (TPSA) is 25.2 Å². The van der Waals surface area contributed by atoms with Crippen LogP contribution in [0.5, 0.6) is 0 Å². The molecule has 16 heavy (non-hydrogen) atoms. The first-order chi connectivity index (χ1) is 7.84. The van der Waals surface area contributed by atoms with Gasteiger partial charge in [0.25, 0.3) is 0 Å². The van der Waals surface area contributed by atoms with Gasteiger partial charge in [0, 0.05) is 24.2 Å². The fourth-order valence-corrected chi connectivity index (χ4v) is 1.30. The van der Waals surface area contributed by atoms with E-state index < -0.39 is 0 Å². The molecule has 0 spiro atoms. The highest BCUT2D eigenvalue weighted by Crippen LogP contribution is 2.04. The predicted molar refractivity (Wildman–Crippen MR) is 61.9 cm³/mol. The summed E-state index contributed by atoms with van der Waals surface area (Å²) in [4.78, 5) is 8.24. The van der Waals surface area contributed by atoms with E-state index >= 15 is 0 Å². The Morgan fingerprint density at radius 3 is 2.69 bits per heavy atom. The molecule has 0 amide bonds. The van der Waals surface area contributed by atoms with Crippen LogP contribution >= 0.6 is 0 Å². The van der Waals surface area contributed by atoms with Crippen LogP contribution in [-0.4, -0.2) is 11.2 Å². The van der Waals surface area contributed by atoms with Crippen LogP contribution in [0.15, 0.2) is 53.8 Å². The standard InChI is InChI=1S/C13H11FN2/c14-13-5-3-11(4-6-13)8-16-10-12-2-1-7-15-9-12/h1-7,9-10H,8H2. The summed E-state index contributed by atoms with van der Waals surface area (Å²) in [5, 5.41) is 0. The van der Waals surface area contributed by atoms with Crippen molar-refractivity contribution in [3.05, 3.63) is 65.7 Å². The molecule has 1 aromatic heterocycles. The number of nitrogens with zero attached hydrogens (tertiary/aromatic N) is 2. The lowest BCUT2D eigenvalue weighted by Crippen LogP contribution is -1.85. The third-order valence-electron chi connectivity index (χ3n) is 2.11. The predicted octanol–water partition coefficient (Wildman–Crippen LogP) is 2.84. The number of hydrogen-bond acceptors (Lipinski definition) is 2. The molecule has 3 heteroatoms. The molecule has 0 saturated heterocycles. The summed E-state index contributed by atoms with van der Waals surface area (Å²) in [5.41, 5.74) is 1.95. The Bertz CT molecular complexity index is 463. The van der Waals surface area contributed by atoms with Crippen LogP contribution in [0.1, 0.15) is 11.1 Å². The Morgan fingerprint density at radius 2 is 2.00 bits per heavy atom. The first kappa shape index (κ1) is 10.5. The highest BCUT2D eigenvalue weighted by molar-refractivity contribution is 5.78. The van der Waals surface area contributed by atoms with Crippen molar-refractivity contribution < 1.29 is 4.39 Å². The average Bonchev–Trinajstić information content (AvgIpc) is 2.33. The van der Waals surface area contributed by atoms with Gasteiger partial charge in [0.15, 0.2) is 0 Å². The molecule has 0 atom stereocenters. The van der Waals surface area contributed by atoms with Gasteiger partial charge in [0.05, 0.1) is 6.54 Å². The molecule has 0 unspecified atom stereocenters. The van der Waals surface area contributed by atoms with Crippen LogP contribution in [0.4, 0.5) is 4.39 Å². The molecule has 0 aliphatic carbocycles. The van der Waals surface area contributed by atoms with Gasteiger partial charge in [-0.1, -0.05) is 18.2 Å². The second-order valence-electron chi connectivity index (χ2n) is 3.38. The Morgan fingerprint density at radius 1 is 1.19 bits per heavy atom. The highest BCUT2D eigenvalue weighted by atomic mass is 19.1. The zero-order chi connectivity index (χ0) is 11.2. The summed E-state index contributed by atoms with van der Waals surface area (Å²) in [7, 11) is 0. The lowest BCUT2D eigenvalue weighted by atomic mass is 10.2. The molecule has 0 radical (unpaired) electrons. The van der Waals surface area contributed by atoms with Crippen molar-refractivity contribution in [1.82, 2.24) is 4.98 Å². The number of benzene rings is 1. The molecule has 0 bridgehead atoms. The quantitative estimate of drug-likeness (QED) is 0.721. The van der Waals surface area contributed by atoms with E-state index in [1.165, 1.54) is 12.1 Å². The molecule has 0 aliphatic heterocycles. The van der Waals surface area contributed by atoms with Crippen LogP contribution in [0, 0.1) is 5.82 Å². The molecule has 0 aliphatic rings. The molecule has 1 heterocycles. The number of aromatic nitrogens is 1. The number of halogens is 1. The normalized spacial score (nSPS) is 10.8. The minimum absolute atomic E-state index is 0.222. The van der Waals surface area contributed by atoms with Crippen molar-refractivity contribution >= 4 is 6.21 Å². The van der Waals surface area contributed by atoms with Crippen LogP contribution in [-0.2, 0) is 6.54 Å². The van der Waals surface area contributed by atoms with Gasteiger partial charge in [-0.3, -0.25) is 9.98 Å². The Hall–Kier alpha value is -2.03. The molecular weight excluding hydrogens is 203 g/mol. The van der Waals surface area contributed by atoms with Gasteiger partial charge >= 0.3 is 0 Å². The van der Waals surface area contributed by atoms with E-state index in [2.05, 4.69) is 9.98 Å². The minimum Gasteiger partial charge on any atom is -0.288 e.